The predicted molar refractivity (Wildman–Crippen MR) is 93.3 cm³/mol. The molecule has 0 aromatic rings. The van der Waals surface area contributed by atoms with Crippen molar-refractivity contribution in [3.63, 3.8) is 0 Å². The fraction of sp³-hybridized carbons (Fsp3) is 0.333. The highest BCUT2D eigenvalue weighted by Crippen LogP contribution is 2.25. The number of carbonyl (C=O) groups excluding carboxylic acids is 2. The van der Waals surface area contributed by atoms with E-state index in [0.29, 0.717) is 0 Å². The van der Waals surface area contributed by atoms with Gasteiger partial charge in [-0.1, -0.05) is 87.2 Å². The van der Waals surface area contributed by atoms with Gasteiger partial charge in [-0.05, 0) is 13.0 Å². The molecule has 0 aliphatic rings. The zero-order chi connectivity index (χ0) is 16.1. The van der Waals surface area contributed by atoms with E-state index in [2.05, 4.69) is 0 Å². The third-order valence-electron chi connectivity index (χ3n) is 1.99. The molecule has 0 bridgehead atoms. The Morgan fingerprint density at radius 3 is 1.81 bits per heavy atom. The third-order valence-corrected chi connectivity index (χ3v) is 2.98. The number of allylic oxidation sites excluding steroid dienone is 10. The molecule has 0 aliphatic heterocycles. The topological polar surface area (TPSA) is 34.1 Å². The number of thioether (sulfide) groups is 1. The maximum atomic E-state index is 11.6. The van der Waals surface area contributed by atoms with Gasteiger partial charge >= 0.3 is 0 Å². The summed E-state index contributed by atoms with van der Waals surface area (Å²) < 4.78 is -0.147. The van der Waals surface area contributed by atoms with Gasteiger partial charge in [-0.2, -0.15) is 0 Å². The first-order chi connectivity index (χ1) is 9.85. The summed E-state index contributed by atoms with van der Waals surface area (Å²) >= 11 is 1.21. The van der Waals surface area contributed by atoms with Crippen molar-refractivity contribution in [1.82, 2.24) is 0 Å². The molecule has 0 heterocycles. The first kappa shape index (κ1) is 19.4. The Morgan fingerprint density at radius 1 is 0.857 bits per heavy atom. The Hall–Kier alpha value is -1.61. The molecule has 0 unspecified atom stereocenters. The van der Waals surface area contributed by atoms with Crippen molar-refractivity contribution in [3.8, 4) is 0 Å². The van der Waals surface area contributed by atoms with Crippen LogP contribution < -0.4 is 0 Å². The van der Waals surface area contributed by atoms with E-state index in [1.807, 2.05) is 70.2 Å². The van der Waals surface area contributed by atoms with Gasteiger partial charge in [0.2, 0.25) is 0 Å². The van der Waals surface area contributed by atoms with Crippen molar-refractivity contribution in [2.75, 3.05) is 0 Å². The standard InChI is InChI=1S/C18H24O2S/c1-5-6-7-8-9-10-11-12-13-14-16(19)15-17(20)21-18(2,3)4/h5-14H,15H2,1-4H3/b6-5+,8-7+,10-9+,12-11+,14-13+. The number of ketones is 1. The smallest absolute Gasteiger partial charge is 0.197 e. The summed E-state index contributed by atoms with van der Waals surface area (Å²) in [7, 11) is 0. The number of rotatable bonds is 7. The van der Waals surface area contributed by atoms with Crippen LogP contribution in [0.4, 0.5) is 0 Å². The lowest BCUT2D eigenvalue weighted by atomic mass is 10.2. The van der Waals surface area contributed by atoms with E-state index in [4.69, 9.17) is 0 Å². The van der Waals surface area contributed by atoms with Crippen LogP contribution in [0.1, 0.15) is 34.1 Å². The molecule has 0 aliphatic carbocycles. The van der Waals surface area contributed by atoms with E-state index in [-0.39, 0.29) is 22.1 Å². The number of carbonyl (C=O) groups is 2. The zero-order valence-corrected chi connectivity index (χ0v) is 14.0. The van der Waals surface area contributed by atoms with E-state index < -0.39 is 0 Å². The molecule has 0 saturated carbocycles. The van der Waals surface area contributed by atoms with Gasteiger partial charge in [-0.25, -0.2) is 0 Å². The van der Waals surface area contributed by atoms with Crippen LogP contribution in [0.15, 0.2) is 60.8 Å². The van der Waals surface area contributed by atoms with Crippen molar-refractivity contribution in [2.24, 2.45) is 0 Å². The molecule has 0 amide bonds. The minimum atomic E-state index is -0.168. The van der Waals surface area contributed by atoms with Crippen LogP contribution in [0.25, 0.3) is 0 Å². The van der Waals surface area contributed by atoms with Crippen molar-refractivity contribution >= 4 is 22.7 Å². The van der Waals surface area contributed by atoms with Crippen LogP contribution in [-0.2, 0) is 9.59 Å². The second-order valence-electron chi connectivity index (χ2n) is 5.27. The Kier molecular flexibility index (Phi) is 10.2. The predicted octanol–water partition coefficient (Wildman–Crippen LogP) is 4.80. The number of hydrogen-bond donors (Lipinski definition) is 0. The molecule has 21 heavy (non-hydrogen) atoms. The average molecular weight is 304 g/mol. The van der Waals surface area contributed by atoms with E-state index in [1.165, 1.54) is 17.8 Å². The molecule has 0 aromatic carbocycles. The van der Waals surface area contributed by atoms with Gasteiger partial charge in [-0.3, -0.25) is 9.59 Å². The molecular formula is C18H24O2S. The Labute approximate surface area is 132 Å². The summed E-state index contributed by atoms with van der Waals surface area (Å²) in [6.45, 7) is 7.82. The fourth-order valence-electron chi connectivity index (χ4n) is 1.24. The Bertz CT molecular complexity index is 472. The monoisotopic (exact) mass is 304 g/mol. The van der Waals surface area contributed by atoms with Gasteiger partial charge in [0.15, 0.2) is 10.9 Å². The normalized spacial score (nSPS) is 13.5. The van der Waals surface area contributed by atoms with Gasteiger partial charge < -0.3 is 0 Å². The SMILES string of the molecule is C/C=C/C=C/C=C/C=C/C=C/C(=O)CC(=O)SC(C)(C)C. The van der Waals surface area contributed by atoms with Crippen LogP contribution in [0.5, 0.6) is 0 Å². The lowest BCUT2D eigenvalue weighted by Crippen LogP contribution is -2.13. The van der Waals surface area contributed by atoms with Crippen LogP contribution >= 0.6 is 11.8 Å². The molecule has 0 fully saturated rings. The highest BCUT2D eigenvalue weighted by atomic mass is 32.2. The average Bonchev–Trinajstić information content (AvgIpc) is 2.34. The Morgan fingerprint density at radius 2 is 1.33 bits per heavy atom. The lowest BCUT2D eigenvalue weighted by Gasteiger charge is -2.15. The largest absolute Gasteiger partial charge is 0.294 e. The first-order valence-electron chi connectivity index (χ1n) is 6.89. The second kappa shape index (κ2) is 11.1. The number of hydrogen-bond acceptors (Lipinski definition) is 3. The summed E-state index contributed by atoms with van der Waals surface area (Å²) in [4.78, 5) is 23.2. The summed E-state index contributed by atoms with van der Waals surface area (Å²) in [6.07, 6.45) is 18.1. The van der Waals surface area contributed by atoms with E-state index in [9.17, 15) is 9.59 Å². The molecule has 0 spiro atoms. The molecule has 0 atom stereocenters. The van der Waals surface area contributed by atoms with E-state index in [1.54, 1.807) is 12.2 Å². The summed E-state index contributed by atoms with van der Waals surface area (Å²) in [5.41, 5.74) is 0. The maximum absolute atomic E-state index is 11.6. The molecule has 0 N–H and O–H groups in total. The van der Waals surface area contributed by atoms with Crippen molar-refractivity contribution in [2.45, 2.75) is 38.9 Å². The summed E-state index contributed by atoms with van der Waals surface area (Å²) in [5, 5.41) is -0.0878. The molecule has 0 radical (unpaired) electrons. The quantitative estimate of drug-likeness (QED) is 0.385. The highest BCUT2D eigenvalue weighted by Gasteiger charge is 2.17. The zero-order valence-electron chi connectivity index (χ0n) is 13.2. The van der Waals surface area contributed by atoms with Crippen LogP contribution in [0.3, 0.4) is 0 Å². The van der Waals surface area contributed by atoms with Gasteiger partial charge in [0.1, 0.15) is 0 Å². The van der Waals surface area contributed by atoms with Gasteiger partial charge in [0, 0.05) is 4.75 Å². The minimum absolute atomic E-state index is 0.0474. The van der Waals surface area contributed by atoms with Crippen molar-refractivity contribution in [3.05, 3.63) is 60.8 Å². The Balaban J connectivity index is 4.08. The lowest BCUT2D eigenvalue weighted by molar-refractivity contribution is -0.120. The van der Waals surface area contributed by atoms with Crippen molar-refractivity contribution in [1.29, 1.82) is 0 Å². The van der Waals surface area contributed by atoms with Crippen LogP contribution in [0, 0.1) is 0 Å². The summed E-state index contributed by atoms with van der Waals surface area (Å²) in [6, 6.07) is 0. The molecule has 0 saturated heterocycles. The second-order valence-corrected chi connectivity index (χ2v) is 7.15. The fourth-order valence-corrected chi connectivity index (χ4v) is 2.14. The van der Waals surface area contributed by atoms with Crippen LogP contribution in [0.2, 0.25) is 0 Å². The molecule has 114 valence electrons. The summed E-state index contributed by atoms with van der Waals surface area (Å²) in [5.74, 6) is -0.168. The maximum Gasteiger partial charge on any atom is 0.197 e. The molecular weight excluding hydrogens is 280 g/mol. The molecule has 3 heteroatoms. The van der Waals surface area contributed by atoms with Gasteiger partial charge in [-0.15, -0.1) is 0 Å². The first-order valence-corrected chi connectivity index (χ1v) is 7.71. The molecule has 2 nitrogen and oxygen atoms in total. The van der Waals surface area contributed by atoms with E-state index >= 15 is 0 Å². The molecule has 0 aromatic heterocycles. The third kappa shape index (κ3) is 14.6. The van der Waals surface area contributed by atoms with E-state index in [0.717, 1.165) is 0 Å². The highest BCUT2D eigenvalue weighted by molar-refractivity contribution is 8.14. The van der Waals surface area contributed by atoms with Crippen molar-refractivity contribution < 1.29 is 9.59 Å². The molecule has 0 rings (SSSR count). The van der Waals surface area contributed by atoms with Gasteiger partial charge in [0.05, 0.1) is 6.42 Å². The van der Waals surface area contributed by atoms with Gasteiger partial charge in [0.25, 0.3) is 0 Å². The minimum Gasteiger partial charge on any atom is -0.294 e. The van der Waals surface area contributed by atoms with Crippen LogP contribution in [-0.4, -0.2) is 15.6 Å².